The van der Waals surface area contributed by atoms with E-state index in [-0.39, 0.29) is 11.4 Å². The lowest BCUT2D eigenvalue weighted by Gasteiger charge is -2.35. The molecule has 4 aromatic carbocycles. The number of nitro benzene ring substituents is 2. The molecule has 0 saturated heterocycles. The molecule has 3 heterocycles. The molecule has 0 saturated carbocycles. The van der Waals surface area contributed by atoms with Crippen molar-refractivity contribution < 1.29 is 9.85 Å². The third-order valence-electron chi connectivity index (χ3n) is 6.91. The van der Waals surface area contributed by atoms with Gasteiger partial charge < -0.3 is 5.32 Å². The number of thioether (sulfide) groups is 1. The molecule has 2 aliphatic heterocycles. The first-order valence-corrected chi connectivity index (χ1v) is 13.3. The molecule has 41 heavy (non-hydrogen) atoms. The van der Waals surface area contributed by atoms with Crippen molar-refractivity contribution in [2.75, 3.05) is 10.3 Å². The third kappa shape index (κ3) is 4.00. The molecule has 1 N–H and O–H groups in total. The predicted molar refractivity (Wildman–Crippen MR) is 159 cm³/mol. The average Bonchev–Trinajstić information content (AvgIpc) is 3.55. The van der Waals surface area contributed by atoms with Crippen LogP contribution in [0.1, 0.15) is 11.1 Å². The summed E-state index contributed by atoms with van der Waals surface area (Å²) in [5.41, 5.74) is 3.30. The summed E-state index contributed by atoms with van der Waals surface area (Å²) < 4.78 is 1.85. The molecule has 1 aromatic heterocycles. The summed E-state index contributed by atoms with van der Waals surface area (Å²) in [6.45, 7) is 0. The standard InChI is InChI=1S/C29H19N7O4S/c37-35(38)22-14-15-24(25(16-22)36(39)40)34-29(41-28(32-34)20-10-5-2-6-11-20)17-26(19-8-3-1-4-9-19)33-27-21(18-30-33)12-7-13-23(27)31-29/h1-18,31H. The van der Waals surface area contributed by atoms with Gasteiger partial charge in [0.25, 0.3) is 5.69 Å². The van der Waals surface area contributed by atoms with Crippen molar-refractivity contribution in [2.24, 2.45) is 5.10 Å². The number of hydrazone groups is 1. The van der Waals surface area contributed by atoms with Gasteiger partial charge >= 0.3 is 5.69 Å². The summed E-state index contributed by atoms with van der Waals surface area (Å²) in [5.74, 6) is 0. The largest absolute Gasteiger partial charge is 0.347 e. The second kappa shape index (κ2) is 9.31. The Morgan fingerprint density at radius 2 is 1.56 bits per heavy atom. The van der Waals surface area contributed by atoms with Crippen LogP contribution in [0.4, 0.5) is 22.7 Å². The Kier molecular flexibility index (Phi) is 5.57. The fourth-order valence-corrected chi connectivity index (χ4v) is 6.31. The summed E-state index contributed by atoms with van der Waals surface area (Å²) in [4.78, 5) is 21.3. The van der Waals surface area contributed by atoms with E-state index in [0.717, 1.165) is 39.5 Å². The summed E-state index contributed by atoms with van der Waals surface area (Å²) in [5, 5.41) is 40.1. The normalized spacial score (nSPS) is 17.6. The van der Waals surface area contributed by atoms with Gasteiger partial charge in [-0.1, -0.05) is 72.8 Å². The first-order chi connectivity index (χ1) is 19.9. The summed E-state index contributed by atoms with van der Waals surface area (Å²) in [7, 11) is 0. The van der Waals surface area contributed by atoms with Crippen LogP contribution < -0.4 is 10.3 Å². The number of nitrogens with zero attached hydrogens (tertiary/aromatic N) is 6. The second-order valence-corrected chi connectivity index (χ2v) is 10.6. The molecular formula is C29H19N7O4S. The molecule has 2 aliphatic rings. The third-order valence-corrected chi connectivity index (χ3v) is 8.12. The smallest absolute Gasteiger partial charge is 0.301 e. The highest BCUT2D eigenvalue weighted by atomic mass is 32.2. The number of para-hydroxylation sites is 1. The zero-order valence-electron chi connectivity index (χ0n) is 21.1. The van der Waals surface area contributed by atoms with Crippen molar-refractivity contribution >= 4 is 56.2 Å². The molecule has 1 unspecified atom stereocenters. The van der Waals surface area contributed by atoms with Crippen molar-refractivity contribution in [3.8, 4) is 0 Å². The maximum absolute atomic E-state index is 12.3. The van der Waals surface area contributed by atoms with Crippen LogP contribution in [0, 0.1) is 20.2 Å². The summed E-state index contributed by atoms with van der Waals surface area (Å²) >= 11 is 1.38. The maximum atomic E-state index is 12.3. The number of nitrogens with one attached hydrogen (secondary N) is 1. The van der Waals surface area contributed by atoms with E-state index in [1.807, 2.05) is 89.6 Å². The molecule has 11 nitrogen and oxygen atoms in total. The number of aromatic nitrogens is 2. The lowest BCUT2D eigenvalue weighted by molar-refractivity contribution is -0.393. The molecule has 0 radical (unpaired) electrons. The highest BCUT2D eigenvalue weighted by molar-refractivity contribution is 8.16. The number of hydrogen-bond donors (Lipinski definition) is 1. The van der Waals surface area contributed by atoms with Crippen LogP contribution in [0.5, 0.6) is 0 Å². The van der Waals surface area contributed by atoms with Gasteiger partial charge in [0, 0.05) is 28.7 Å². The summed E-state index contributed by atoms with van der Waals surface area (Å²) in [6.07, 6.45) is 3.74. The molecule has 7 rings (SSSR count). The van der Waals surface area contributed by atoms with Crippen LogP contribution in [-0.2, 0) is 0 Å². The van der Waals surface area contributed by atoms with Gasteiger partial charge in [-0.15, -0.1) is 0 Å². The van der Waals surface area contributed by atoms with Gasteiger partial charge in [-0.2, -0.15) is 10.2 Å². The predicted octanol–water partition coefficient (Wildman–Crippen LogP) is 6.44. The van der Waals surface area contributed by atoms with Crippen LogP contribution in [0.3, 0.4) is 0 Å². The maximum Gasteiger partial charge on any atom is 0.301 e. The van der Waals surface area contributed by atoms with E-state index < -0.39 is 20.5 Å². The Morgan fingerprint density at radius 1 is 0.829 bits per heavy atom. The van der Waals surface area contributed by atoms with Crippen LogP contribution in [0.2, 0.25) is 0 Å². The molecule has 0 bridgehead atoms. The van der Waals surface area contributed by atoms with Gasteiger partial charge in [0.15, 0.2) is 0 Å². The van der Waals surface area contributed by atoms with Crippen molar-refractivity contribution in [1.29, 1.82) is 0 Å². The Morgan fingerprint density at radius 3 is 2.27 bits per heavy atom. The fraction of sp³-hybridized carbons (Fsp3) is 0.0345. The van der Waals surface area contributed by atoms with E-state index in [1.165, 1.54) is 28.9 Å². The van der Waals surface area contributed by atoms with Gasteiger partial charge in [-0.25, -0.2) is 9.69 Å². The van der Waals surface area contributed by atoms with Gasteiger partial charge in [-0.05, 0) is 23.9 Å². The minimum absolute atomic E-state index is 0.0990. The molecule has 1 atom stereocenters. The zero-order valence-corrected chi connectivity index (χ0v) is 21.9. The van der Waals surface area contributed by atoms with Crippen molar-refractivity contribution in [1.82, 2.24) is 9.78 Å². The molecule has 1 spiro atoms. The molecule has 0 aliphatic carbocycles. The number of benzene rings is 4. The SMILES string of the molecule is O=[N+]([O-])c1ccc(N2N=C(c3ccccc3)SC23C=C(c2ccccc2)n2ncc4cccc(c42)N3)c([N+](=O)[O-])c1. The minimum atomic E-state index is -1.22. The number of rotatable bonds is 5. The molecule has 0 amide bonds. The van der Waals surface area contributed by atoms with Gasteiger partial charge in [0.1, 0.15) is 10.7 Å². The molecule has 12 heteroatoms. The molecule has 200 valence electrons. The number of nitro groups is 2. The average molecular weight is 562 g/mol. The van der Waals surface area contributed by atoms with E-state index in [2.05, 4.69) is 5.32 Å². The van der Waals surface area contributed by atoms with Gasteiger partial charge in [0.2, 0.25) is 4.99 Å². The molecule has 0 fully saturated rings. The van der Waals surface area contributed by atoms with Crippen molar-refractivity contribution in [2.45, 2.75) is 4.99 Å². The van der Waals surface area contributed by atoms with Crippen LogP contribution >= 0.6 is 11.8 Å². The van der Waals surface area contributed by atoms with Gasteiger partial charge in [-0.3, -0.25) is 20.2 Å². The Balaban J connectivity index is 1.52. The monoisotopic (exact) mass is 561 g/mol. The summed E-state index contributed by atoms with van der Waals surface area (Å²) in [6, 6.07) is 28.6. The zero-order chi connectivity index (χ0) is 28.1. The second-order valence-electron chi connectivity index (χ2n) is 9.39. The van der Waals surface area contributed by atoms with E-state index >= 15 is 0 Å². The van der Waals surface area contributed by atoms with E-state index in [9.17, 15) is 20.2 Å². The lowest BCUT2D eigenvalue weighted by Crippen LogP contribution is -2.46. The van der Waals surface area contributed by atoms with Crippen LogP contribution in [0.15, 0.2) is 114 Å². The molecule has 5 aromatic rings. The molecular weight excluding hydrogens is 542 g/mol. The quantitative estimate of drug-likeness (QED) is 0.192. The van der Waals surface area contributed by atoms with E-state index in [4.69, 9.17) is 10.2 Å². The van der Waals surface area contributed by atoms with E-state index in [0.29, 0.717) is 5.04 Å². The van der Waals surface area contributed by atoms with Crippen molar-refractivity contribution in [3.63, 3.8) is 0 Å². The highest BCUT2D eigenvalue weighted by Crippen LogP contribution is 2.50. The van der Waals surface area contributed by atoms with E-state index in [1.54, 1.807) is 6.20 Å². The highest BCUT2D eigenvalue weighted by Gasteiger charge is 2.48. The van der Waals surface area contributed by atoms with Crippen LogP contribution in [-0.4, -0.2) is 29.7 Å². The fourth-order valence-electron chi connectivity index (χ4n) is 5.08. The number of anilines is 2. The first-order valence-electron chi connectivity index (χ1n) is 12.5. The first kappa shape index (κ1) is 24.5. The Bertz CT molecular complexity index is 1920. The number of non-ortho nitro benzene ring substituents is 1. The topological polar surface area (TPSA) is 132 Å². The Labute approximate surface area is 236 Å². The number of hydrogen-bond acceptors (Lipinski definition) is 9. The van der Waals surface area contributed by atoms with Crippen molar-refractivity contribution in [3.05, 3.63) is 141 Å². The van der Waals surface area contributed by atoms with Crippen LogP contribution in [0.25, 0.3) is 16.6 Å². The Hall–Kier alpha value is -5.49. The minimum Gasteiger partial charge on any atom is -0.347 e. The lowest BCUT2D eigenvalue weighted by atomic mass is 10.1. The van der Waals surface area contributed by atoms with Gasteiger partial charge in [0.05, 0.1) is 39.0 Å².